The standard InChI is InChI=1S/C28H41N7O6S/c1-18-24(25(36)37)42(13-12-38-4)27(30-18)32-26-31-22(35-10-8-34(3)9-11-35)16-28(2,33-26)29-17-19-14-20(39-5)23(41-7)21(15-19)40-6/h14-16,29H,8-13,17H2,1-7H3,(H2-,30,31,32,33,36,37). The fraction of sp³-hybridized carbons (Fsp3) is 0.536. The number of aromatic nitrogens is 1. The number of guanidine groups is 1. The number of ether oxygens (including phenoxy) is 4. The average molecular weight is 604 g/mol. The number of methoxy groups -OCH3 is 4. The number of H-pyrrole nitrogens is 1. The molecule has 4 rings (SSSR count). The summed E-state index contributed by atoms with van der Waals surface area (Å²) in [5, 5.41) is 18.9. The van der Waals surface area contributed by atoms with Crippen molar-refractivity contribution in [3.8, 4) is 17.2 Å². The molecule has 13 nitrogen and oxygen atoms in total. The summed E-state index contributed by atoms with van der Waals surface area (Å²) in [6.07, 6.45) is 2.06. The normalized spacial score (nSPS) is 20.1. The number of thiazole rings is 1. The molecule has 0 radical (unpaired) electrons. The number of carboxylic acid groups (broad SMARTS) is 1. The topological polar surface area (TPSA) is 148 Å². The zero-order chi connectivity index (χ0) is 30.4. The van der Waals surface area contributed by atoms with Crippen LogP contribution in [0.15, 0.2) is 34.0 Å². The Bertz CT molecular complexity index is 1380. The number of nitrogens with one attached hydrogen (secondary N) is 3. The molecule has 14 heteroatoms. The molecule has 0 bridgehead atoms. The number of hydrogen-bond donors (Lipinski definition) is 3. The van der Waals surface area contributed by atoms with Crippen LogP contribution in [0.2, 0.25) is 0 Å². The second kappa shape index (κ2) is 13.6. The maximum atomic E-state index is 12.0. The Hall–Kier alpha value is -3.59. The quantitative estimate of drug-likeness (QED) is 0.311. The third-order valence-corrected chi connectivity index (χ3v) is 9.41. The van der Waals surface area contributed by atoms with Gasteiger partial charge in [-0.1, -0.05) is 0 Å². The van der Waals surface area contributed by atoms with E-state index in [0.717, 1.165) is 37.6 Å². The third kappa shape index (κ3) is 7.06. The van der Waals surface area contributed by atoms with Crippen molar-refractivity contribution in [2.24, 2.45) is 9.98 Å². The Morgan fingerprint density at radius 1 is 1.14 bits per heavy atom. The molecule has 3 N–H and O–H groups in total. The minimum Gasteiger partial charge on any atom is -0.540 e. The zero-order valence-electron chi connectivity index (χ0n) is 25.3. The number of carbonyl (C=O) groups is 1. The number of hydrogen-bond acceptors (Lipinski definition) is 12. The van der Waals surface area contributed by atoms with Gasteiger partial charge in [0, 0.05) is 50.3 Å². The van der Waals surface area contributed by atoms with E-state index in [9.17, 15) is 9.90 Å². The van der Waals surface area contributed by atoms with E-state index < -0.39 is 22.1 Å². The van der Waals surface area contributed by atoms with Crippen molar-refractivity contribution in [3.63, 3.8) is 0 Å². The van der Waals surface area contributed by atoms with Gasteiger partial charge in [-0.2, -0.15) is 0 Å². The Balaban J connectivity index is 1.72. The van der Waals surface area contributed by atoms with Gasteiger partial charge in [0.05, 0.1) is 33.6 Å². The Morgan fingerprint density at radius 3 is 2.38 bits per heavy atom. The molecule has 0 saturated carbocycles. The molecule has 0 aliphatic carbocycles. The second-order valence-corrected chi connectivity index (χ2v) is 12.3. The molecule has 3 heterocycles. The van der Waals surface area contributed by atoms with Crippen molar-refractivity contribution in [1.29, 1.82) is 0 Å². The smallest absolute Gasteiger partial charge is 0.348 e. The van der Waals surface area contributed by atoms with Crippen molar-refractivity contribution < 1.29 is 28.8 Å². The van der Waals surface area contributed by atoms with Gasteiger partial charge in [0.15, 0.2) is 17.3 Å². The molecule has 1 aromatic heterocycles. The number of aliphatic imine (C=N–C) groups is 1. The predicted molar refractivity (Wildman–Crippen MR) is 159 cm³/mol. The molecule has 1 fully saturated rings. The van der Waals surface area contributed by atoms with Crippen LogP contribution in [-0.2, 0) is 17.0 Å². The number of aromatic amines is 1. The van der Waals surface area contributed by atoms with E-state index >= 15 is 0 Å². The van der Waals surface area contributed by atoms with Crippen molar-refractivity contribution in [2.75, 3.05) is 68.3 Å². The van der Waals surface area contributed by atoms with Crippen LogP contribution in [0.3, 0.4) is 0 Å². The molecule has 2 atom stereocenters. The molecule has 1 aromatic carbocycles. The number of aryl methyl sites for hydroxylation is 1. The van der Waals surface area contributed by atoms with Crippen molar-refractivity contribution >= 4 is 22.4 Å². The summed E-state index contributed by atoms with van der Waals surface area (Å²) in [6, 6.07) is 3.79. The van der Waals surface area contributed by atoms with Crippen LogP contribution < -0.4 is 34.8 Å². The van der Waals surface area contributed by atoms with Crippen LogP contribution in [0, 0.1) is 6.92 Å². The first-order chi connectivity index (χ1) is 20.1. The molecule has 0 amide bonds. The lowest BCUT2D eigenvalue weighted by molar-refractivity contribution is -0.254. The number of carboxylic acids is 1. The zero-order valence-corrected chi connectivity index (χ0v) is 26.1. The van der Waals surface area contributed by atoms with Gasteiger partial charge in [-0.3, -0.25) is 10.3 Å². The number of nitrogens with zero attached hydrogens (tertiary/aromatic N) is 4. The predicted octanol–water partition coefficient (Wildman–Crippen LogP) is 0.563. The van der Waals surface area contributed by atoms with Crippen LogP contribution in [0.1, 0.15) is 27.9 Å². The van der Waals surface area contributed by atoms with Gasteiger partial charge < -0.3 is 44.0 Å². The van der Waals surface area contributed by atoms with Gasteiger partial charge in [0.25, 0.3) is 0 Å². The minimum absolute atomic E-state index is 0.209. The van der Waals surface area contributed by atoms with Crippen molar-refractivity contribution in [3.05, 3.63) is 45.0 Å². The molecule has 2 unspecified atom stereocenters. The first-order valence-electron chi connectivity index (χ1n) is 13.7. The molecule has 2 aliphatic heterocycles. The van der Waals surface area contributed by atoms with Crippen LogP contribution in [0.25, 0.3) is 0 Å². The Kier molecular flexibility index (Phi) is 10.1. The molecular formula is C28H41N7O6S. The van der Waals surface area contributed by atoms with Gasteiger partial charge in [0.2, 0.25) is 16.6 Å². The first-order valence-corrected chi connectivity index (χ1v) is 15.1. The van der Waals surface area contributed by atoms with Gasteiger partial charge in [-0.25, -0.2) is 4.99 Å². The lowest BCUT2D eigenvalue weighted by Crippen LogP contribution is -2.52. The van der Waals surface area contributed by atoms with E-state index in [2.05, 4.69) is 38.5 Å². The summed E-state index contributed by atoms with van der Waals surface area (Å²) in [7, 11) is 7.60. The van der Waals surface area contributed by atoms with Gasteiger partial charge >= 0.3 is 4.80 Å². The van der Waals surface area contributed by atoms with Crippen molar-refractivity contribution in [1.82, 2.24) is 25.4 Å². The van der Waals surface area contributed by atoms with Crippen molar-refractivity contribution in [2.45, 2.75) is 31.8 Å². The maximum absolute atomic E-state index is 12.0. The second-order valence-electron chi connectivity index (χ2n) is 10.3. The van der Waals surface area contributed by atoms with Crippen LogP contribution in [0.4, 0.5) is 0 Å². The lowest BCUT2D eigenvalue weighted by Gasteiger charge is -2.39. The number of piperazine rings is 1. The Labute approximate surface area is 248 Å². The van der Waals surface area contributed by atoms with E-state index in [1.165, 1.54) is 0 Å². The largest absolute Gasteiger partial charge is 0.540 e. The fourth-order valence-electron chi connectivity index (χ4n) is 4.94. The van der Waals surface area contributed by atoms with E-state index in [0.29, 0.717) is 52.6 Å². The van der Waals surface area contributed by atoms with E-state index in [4.69, 9.17) is 28.9 Å². The number of carbonyl (C=O) groups excluding carboxylic acids is 1. The summed E-state index contributed by atoms with van der Waals surface area (Å²) in [6.45, 7) is 8.06. The van der Waals surface area contributed by atoms with Gasteiger partial charge in [-0.05, 0) is 44.7 Å². The van der Waals surface area contributed by atoms with Crippen LogP contribution in [-0.4, -0.2) is 101 Å². The number of rotatable bonds is 11. The summed E-state index contributed by atoms with van der Waals surface area (Å²) in [4.78, 5) is 30.2. The van der Waals surface area contributed by atoms with Crippen LogP contribution >= 0.6 is 10.5 Å². The maximum Gasteiger partial charge on any atom is 0.348 e. The van der Waals surface area contributed by atoms with E-state index in [-0.39, 0.29) is 4.88 Å². The summed E-state index contributed by atoms with van der Waals surface area (Å²) in [5.74, 6) is 2.17. The summed E-state index contributed by atoms with van der Waals surface area (Å²) < 4.78 is 21.8. The third-order valence-electron chi connectivity index (χ3n) is 7.21. The molecule has 0 spiro atoms. The lowest BCUT2D eigenvalue weighted by atomic mass is 10.1. The SMILES string of the molecule is COCC[s+]1c(C(=O)[O-])c(C)[nH]c1=NC1=NC(C)(NCc2cc(OC)c(OC)c(OC)c2)C=C(N2CCN(C)CC2)N1. The highest BCUT2D eigenvalue weighted by Crippen LogP contribution is 2.38. The molecular weight excluding hydrogens is 562 g/mol. The number of benzene rings is 1. The molecule has 230 valence electrons. The highest BCUT2D eigenvalue weighted by Gasteiger charge is 2.31. The highest BCUT2D eigenvalue weighted by atomic mass is 32.2. The number of likely N-dealkylation sites (N-methyl/N-ethyl adjacent to an activating group) is 1. The molecule has 2 aliphatic rings. The van der Waals surface area contributed by atoms with Gasteiger partial charge in [-0.15, -0.1) is 4.99 Å². The van der Waals surface area contributed by atoms with Crippen LogP contribution in [0.5, 0.6) is 17.2 Å². The summed E-state index contributed by atoms with van der Waals surface area (Å²) in [5.41, 5.74) is 0.592. The molecule has 2 aromatic rings. The van der Waals surface area contributed by atoms with E-state index in [1.807, 2.05) is 19.1 Å². The van der Waals surface area contributed by atoms with Gasteiger partial charge in [0.1, 0.15) is 17.5 Å². The Morgan fingerprint density at radius 2 is 1.81 bits per heavy atom. The monoisotopic (exact) mass is 603 g/mol. The minimum atomic E-state index is -1.21. The fourth-order valence-corrected chi connectivity index (χ4v) is 6.95. The van der Waals surface area contributed by atoms with E-state index in [1.54, 1.807) is 35.4 Å². The molecule has 1 saturated heterocycles. The summed E-state index contributed by atoms with van der Waals surface area (Å²) >= 11 is 0. The number of aromatic carboxylic acids is 1. The highest BCUT2D eigenvalue weighted by molar-refractivity contribution is 7.30. The average Bonchev–Trinajstić information content (AvgIpc) is 3.28. The molecule has 42 heavy (non-hydrogen) atoms. The first kappa shape index (κ1) is 31.3.